The maximum absolute atomic E-state index is 12.6. The van der Waals surface area contributed by atoms with Crippen LogP contribution in [0.3, 0.4) is 0 Å². The first-order chi connectivity index (χ1) is 13.4. The Morgan fingerprint density at radius 2 is 1.79 bits per heavy atom. The Kier molecular flexibility index (Phi) is 6.59. The van der Waals surface area contributed by atoms with Crippen molar-refractivity contribution >= 4 is 33.2 Å². The van der Waals surface area contributed by atoms with E-state index in [-0.39, 0.29) is 18.2 Å². The number of halogens is 1. The van der Waals surface area contributed by atoms with Crippen molar-refractivity contribution in [3.05, 3.63) is 64.7 Å². The van der Waals surface area contributed by atoms with Gasteiger partial charge in [-0.25, -0.2) is 8.42 Å². The molecule has 0 spiro atoms. The average Bonchev–Trinajstić information content (AvgIpc) is 2.68. The zero-order valence-corrected chi connectivity index (χ0v) is 17.3. The largest absolute Gasteiger partial charge is 0.368 e. The Hall–Kier alpha value is -2.09. The average molecular weight is 422 g/mol. The highest BCUT2D eigenvalue weighted by Crippen LogP contribution is 2.26. The molecule has 150 valence electrons. The molecule has 0 aliphatic carbocycles. The van der Waals surface area contributed by atoms with Gasteiger partial charge in [-0.05, 0) is 31.2 Å². The van der Waals surface area contributed by atoms with Crippen LogP contribution in [0.2, 0.25) is 5.02 Å². The molecule has 0 saturated carbocycles. The van der Waals surface area contributed by atoms with E-state index >= 15 is 0 Å². The zero-order valence-electron chi connectivity index (χ0n) is 15.8. The van der Waals surface area contributed by atoms with Crippen LogP contribution in [0.1, 0.15) is 15.9 Å². The van der Waals surface area contributed by atoms with E-state index in [4.69, 9.17) is 11.6 Å². The Bertz CT molecular complexity index is 941. The van der Waals surface area contributed by atoms with Crippen molar-refractivity contribution in [1.82, 2.24) is 9.62 Å². The molecule has 0 radical (unpaired) electrons. The minimum atomic E-state index is -3.43. The number of nitrogens with one attached hydrogen (secondary N) is 1. The van der Waals surface area contributed by atoms with E-state index in [1.54, 1.807) is 18.2 Å². The number of hydrogen-bond acceptors (Lipinski definition) is 4. The topological polar surface area (TPSA) is 69.7 Å². The number of amides is 1. The van der Waals surface area contributed by atoms with Crippen LogP contribution >= 0.6 is 11.6 Å². The third kappa shape index (κ3) is 5.04. The van der Waals surface area contributed by atoms with E-state index < -0.39 is 10.0 Å². The van der Waals surface area contributed by atoms with Crippen LogP contribution < -0.4 is 10.2 Å². The second-order valence-electron chi connectivity index (χ2n) is 6.78. The predicted molar refractivity (Wildman–Crippen MR) is 113 cm³/mol. The molecular weight excluding hydrogens is 398 g/mol. The lowest BCUT2D eigenvalue weighted by Gasteiger charge is -2.35. The smallest absolute Gasteiger partial charge is 0.251 e. The third-order valence-corrected chi connectivity index (χ3v) is 6.94. The second kappa shape index (κ2) is 8.94. The fraction of sp³-hybridized carbons (Fsp3) is 0.350. The van der Waals surface area contributed by atoms with Crippen molar-refractivity contribution in [2.45, 2.75) is 6.92 Å². The summed E-state index contributed by atoms with van der Waals surface area (Å²) in [7, 11) is -3.43. The van der Waals surface area contributed by atoms with Crippen molar-refractivity contribution in [2.75, 3.05) is 43.4 Å². The second-order valence-corrected chi connectivity index (χ2v) is 9.27. The molecule has 1 aliphatic rings. The fourth-order valence-electron chi connectivity index (χ4n) is 3.23. The number of hydrogen-bond donors (Lipinski definition) is 1. The standard InChI is InChI=1S/C20H24ClN3O3S/c1-16-5-4-6-17(15-16)20(25)22-9-14-28(26,27)24-12-10-23(11-13-24)19-8-3-2-7-18(19)21/h2-8,15H,9-14H2,1H3,(H,22,25). The Morgan fingerprint density at radius 3 is 2.46 bits per heavy atom. The molecule has 6 nitrogen and oxygen atoms in total. The molecular formula is C20H24ClN3O3S. The van der Waals surface area contributed by atoms with Gasteiger partial charge in [-0.1, -0.05) is 41.4 Å². The third-order valence-electron chi connectivity index (χ3n) is 4.75. The molecule has 0 unspecified atom stereocenters. The Balaban J connectivity index is 1.50. The van der Waals surface area contributed by atoms with Crippen LogP contribution in [-0.4, -0.2) is 57.1 Å². The summed E-state index contributed by atoms with van der Waals surface area (Å²) >= 11 is 6.23. The molecule has 8 heteroatoms. The molecule has 28 heavy (non-hydrogen) atoms. The number of para-hydroxylation sites is 1. The van der Waals surface area contributed by atoms with Gasteiger partial charge in [-0.3, -0.25) is 4.79 Å². The lowest BCUT2D eigenvalue weighted by molar-refractivity contribution is 0.0956. The number of rotatable bonds is 6. The molecule has 1 heterocycles. The minimum absolute atomic E-state index is 0.0832. The molecule has 0 aromatic heterocycles. The van der Waals surface area contributed by atoms with Gasteiger partial charge in [0.25, 0.3) is 5.91 Å². The van der Waals surface area contributed by atoms with E-state index in [1.807, 2.05) is 37.3 Å². The van der Waals surface area contributed by atoms with Crippen LogP contribution in [0.15, 0.2) is 48.5 Å². The molecule has 1 N–H and O–H groups in total. The fourth-order valence-corrected chi connectivity index (χ4v) is 4.82. The van der Waals surface area contributed by atoms with E-state index in [0.29, 0.717) is 36.8 Å². The van der Waals surface area contributed by atoms with Crippen molar-refractivity contribution in [2.24, 2.45) is 0 Å². The van der Waals surface area contributed by atoms with E-state index in [2.05, 4.69) is 10.2 Å². The van der Waals surface area contributed by atoms with Crippen molar-refractivity contribution in [1.29, 1.82) is 0 Å². The van der Waals surface area contributed by atoms with Gasteiger partial charge in [-0.15, -0.1) is 0 Å². The van der Waals surface area contributed by atoms with Crippen LogP contribution in [0.4, 0.5) is 5.69 Å². The zero-order chi connectivity index (χ0) is 20.1. The van der Waals surface area contributed by atoms with Gasteiger partial charge in [0.05, 0.1) is 16.5 Å². The summed E-state index contributed by atoms with van der Waals surface area (Å²) in [6.07, 6.45) is 0. The van der Waals surface area contributed by atoms with Gasteiger partial charge in [-0.2, -0.15) is 4.31 Å². The van der Waals surface area contributed by atoms with Gasteiger partial charge < -0.3 is 10.2 Å². The molecule has 0 bridgehead atoms. The van der Waals surface area contributed by atoms with E-state index in [1.165, 1.54) is 4.31 Å². The van der Waals surface area contributed by atoms with E-state index in [9.17, 15) is 13.2 Å². The Morgan fingerprint density at radius 1 is 1.07 bits per heavy atom. The van der Waals surface area contributed by atoms with Crippen LogP contribution in [0.5, 0.6) is 0 Å². The molecule has 2 aromatic rings. The summed E-state index contributed by atoms with van der Waals surface area (Å²) in [4.78, 5) is 14.2. The molecule has 1 fully saturated rings. The van der Waals surface area contributed by atoms with Crippen molar-refractivity contribution in [3.8, 4) is 0 Å². The summed E-state index contributed by atoms with van der Waals surface area (Å²) in [5, 5.41) is 3.36. The van der Waals surface area contributed by atoms with Crippen molar-refractivity contribution in [3.63, 3.8) is 0 Å². The van der Waals surface area contributed by atoms with Gasteiger partial charge in [0.1, 0.15) is 0 Å². The Labute approximate surface area is 171 Å². The van der Waals surface area contributed by atoms with Gasteiger partial charge >= 0.3 is 0 Å². The lowest BCUT2D eigenvalue weighted by Crippen LogP contribution is -2.50. The van der Waals surface area contributed by atoms with Crippen LogP contribution in [0, 0.1) is 6.92 Å². The number of sulfonamides is 1. The molecule has 1 saturated heterocycles. The van der Waals surface area contributed by atoms with Crippen LogP contribution in [-0.2, 0) is 10.0 Å². The van der Waals surface area contributed by atoms with Gasteiger partial charge in [0.15, 0.2) is 0 Å². The summed E-state index contributed by atoms with van der Waals surface area (Å²) in [6, 6.07) is 14.8. The minimum Gasteiger partial charge on any atom is -0.368 e. The summed E-state index contributed by atoms with van der Waals surface area (Å²) in [5.74, 6) is -0.376. The summed E-state index contributed by atoms with van der Waals surface area (Å²) in [5.41, 5.74) is 2.44. The van der Waals surface area contributed by atoms with Crippen LogP contribution in [0.25, 0.3) is 0 Å². The monoisotopic (exact) mass is 421 g/mol. The molecule has 2 aromatic carbocycles. The summed E-state index contributed by atoms with van der Waals surface area (Å²) < 4.78 is 26.7. The quantitative estimate of drug-likeness (QED) is 0.778. The van der Waals surface area contributed by atoms with Gasteiger partial charge in [0.2, 0.25) is 10.0 Å². The van der Waals surface area contributed by atoms with Gasteiger partial charge in [0, 0.05) is 38.3 Å². The molecule has 1 aliphatic heterocycles. The number of aryl methyl sites for hydroxylation is 1. The number of carbonyl (C=O) groups excluding carboxylic acids is 1. The molecule has 1 amide bonds. The highest BCUT2D eigenvalue weighted by molar-refractivity contribution is 7.89. The van der Waals surface area contributed by atoms with E-state index in [0.717, 1.165) is 11.3 Å². The SMILES string of the molecule is Cc1cccc(C(=O)NCCS(=O)(=O)N2CCN(c3ccccc3Cl)CC2)c1. The number of carbonyl (C=O) groups is 1. The lowest BCUT2D eigenvalue weighted by atomic mass is 10.1. The first kappa shape index (κ1) is 20.6. The summed E-state index contributed by atoms with van der Waals surface area (Å²) in [6.45, 7) is 3.96. The molecule has 3 rings (SSSR count). The maximum Gasteiger partial charge on any atom is 0.251 e. The predicted octanol–water partition coefficient (Wildman–Crippen LogP) is 2.53. The first-order valence-corrected chi connectivity index (χ1v) is 11.2. The number of piperazine rings is 1. The number of anilines is 1. The maximum atomic E-state index is 12.6. The normalized spacial score (nSPS) is 15.4. The highest BCUT2D eigenvalue weighted by atomic mass is 35.5. The first-order valence-electron chi connectivity index (χ1n) is 9.19. The van der Waals surface area contributed by atoms with Crippen molar-refractivity contribution < 1.29 is 13.2 Å². The molecule has 0 atom stereocenters. The highest BCUT2D eigenvalue weighted by Gasteiger charge is 2.27. The number of nitrogens with zero attached hydrogens (tertiary/aromatic N) is 2. The number of benzene rings is 2.